The minimum atomic E-state index is -0.255. The molecule has 3 nitrogen and oxygen atoms in total. The fraction of sp³-hybridized carbons (Fsp3) is 0.556. The molecule has 0 aliphatic heterocycles. The number of hydrogen-bond donors (Lipinski definition) is 0. The van der Waals surface area contributed by atoms with Crippen LogP contribution in [-0.4, -0.2) is 4.92 Å². The van der Waals surface area contributed by atoms with Gasteiger partial charge in [0, 0.05) is 6.08 Å². The van der Waals surface area contributed by atoms with Gasteiger partial charge in [-0.15, -0.1) is 0 Å². The maximum atomic E-state index is 11.3. The number of rotatable bonds is 2. The van der Waals surface area contributed by atoms with Gasteiger partial charge in [-0.1, -0.05) is 45.1 Å². The Morgan fingerprint density at radius 3 is 2.57 bits per heavy atom. The van der Waals surface area contributed by atoms with Crippen molar-refractivity contribution in [2.45, 2.75) is 52.9 Å². The van der Waals surface area contributed by atoms with Crippen LogP contribution >= 0.6 is 0 Å². The lowest BCUT2D eigenvalue weighted by Crippen LogP contribution is -2.19. The van der Waals surface area contributed by atoms with Gasteiger partial charge < -0.3 is 0 Å². The van der Waals surface area contributed by atoms with Gasteiger partial charge in [0.2, 0.25) is 0 Å². The van der Waals surface area contributed by atoms with E-state index in [1.807, 2.05) is 18.2 Å². The first kappa shape index (κ1) is 15.7. The molecule has 0 saturated carbocycles. The summed E-state index contributed by atoms with van der Waals surface area (Å²) in [5.41, 5.74) is 2.51. The summed E-state index contributed by atoms with van der Waals surface area (Å²) in [5.74, 6) is 0.677. The van der Waals surface area contributed by atoms with Gasteiger partial charge in [0.15, 0.2) is 0 Å². The molecule has 0 amide bonds. The molecule has 3 heteroatoms. The van der Waals surface area contributed by atoms with E-state index in [1.165, 1.54) is 6.42 Å². The first-order valence-electron chi connectivity index (χ1n) is 7.80. The average Bonchev–Trinajstić information content (AvgIpc) is 2.78. The van der Waals surface area contributed by atoms with Crippen LogP contribution in [0.25, 0.3) is 0 Å². The molecule has 0 radical (unpaired) electrons. The summed E-state index contributed by atoms with van der Waals surface area (Å²) in [5, 5.41) is 11.3. The Morgan fingerprint density at radius 2 is 1.90 bits per heavy atom. The molecule has 0 heterocycles. The van der Waals surface area contributed by atoms with Crippen molar-refractivity contribution >= 4 is 0 Å². The third-order valence-electron chi connectivity index (χ3n) is 4.54. The number of allylic oxidation sites excluding steroid dienone is 7. The van der Waals surface area contributed by atoms with Crippen LogP contribution < -0.4 is 0 Å². The first-order valence-corrected chi connectivity index (χ1v) is 7.80. The molecular formula is C18H25NO2. The van der Waals surface area contributed by atoms with Crippen LogP contribution in [-0.2, 0) is 0 Å². The van der Waals surface area contributed by atoms with Crippen molar-refractivity contribution in [2.75, 3.05) is 0 Å². The maximum Gasteiger partial charge on any atom is 0.276 e. The molecule has 0 aromatic carbocycles. The molecule has 0 N–H and O–H groups in total. The SMILES string of the molecule is CC(C)(C)C1CCC=C(C2=C([N+](=O)[O-])C=CCC=C2)CC1. The van der Waals surface area contributed by atoms with E-state index < -0.39 is 0 Å². The van der Waals surface area contributed by atoms with Gasteiger partial charge in [0.05, 0.1) is 10.5 Å². The Balaban J connectivity index is 2.27. The van der Waals surface area contributed by atoms with Gasteiger partial charge >= 0.3 is 0 Å². The predicted octanol–water partition coefficient (Wildman–Crippen LogP) is 5.20. The van der Waals surface area contributed by atoms with Crippen LogP contribution in [0.1, 0.15) is 52.9 Å². The quantitative estimate of drug-likeness (QED) is 0.517. The Labute approximate surface area is 127 Å². The summed E-state index contributed by atoms with van der Waals surface area (Å²) < 4.78 is 0. The Morgan fingerprint density at radius 1 is 1.19 bits per heavy atom. The lowest BCUT2D eigenvalue weighted by Gasteiger charge is -2.29. The monoisotopic (exact) mass is 287 g/mol. The normalized spacial score (nSPS) is 23.6. The fourth-order valence-corrected chi connectivity index (χ4v) is 3.20. The molecule has 2 rings (SSSR count). The van der Waals surface area contributed by atoms with Crippen LogP contribution in [0.2, 0.25) is 0 Å². The molecule has 1 atom stereocenters. The molecule has 0 aromatic rings. The van der Waals surface area contributed by atoms with Crippen molar-refractivity contribution in [3.05, 3.63) is 57.3 Å². The van der Waals surface area contributed by atoms with Gasteiger partial charge in [-0.2, -0.15) is 0 Å². The van der Waals surface area contributed by atoms with Crippen LogP contribution in [0, 0.1) is 21.4 Å². The molecule has 2 aliphatic rings. The second-order valence-electron chi connectivity index (χ2n) is 7.00. The Hall–Kier alpha value is -1.64. The van der Waals surface area contributed by atoms with Crippen molar-refractivity contribution in [3.8, 4) is 0 Å². The van der Waals surface area contributed by atoms with E-state index in [0.29, 0.717) is 11.3 Å². The highest BCUT2D eigenvalue weighted by Gasteiger charge is 2.27. The summed E-state index contributed by atoms with van der Waals surface area (Å²) in [6, 6.07) is 0. The van der Waals surface area contributed by atoms with Crippen LogP contribution in [0.5, 0.6) is 0 Å². The topological polar surface area (TPSA) is 43.1 Å². The third kappa shape index (κ3) is 3.93. The summed E-state index contributed by atoms with van der Waals surface area (Å²) in [6.07, 6.45) is 14.7. The lowest BCUT2D eigenvalue weighted by molar-refractivity contribution is -0.419. The summed E-state index contributed by atoms with van der Waals surface area (Å²) >= 11 is 0. The van der Waals surface area contributed by atoms with Crippen molar-refractivity contribution in [1.82, 2.24) is 0 Å². The van der Waals surface area contributed by atoms with E-state index in [2.05, 4.69) is 26.8 Å². The van der Waals surface area contributed by atoms with Gasteiger partial charge in [-0.3, -0.25) is 10.1 Å². The Bertz CT molecular complexity index is 530. The van der Waals surface area contributed by atoms with E-state index in [4.69, 9.17) is 0 Å². The highest BCUT2D eigenvalue weighted by atomic mass is 16.6. The van der Waals surface area contributed by atoms with Crippen molar-refractivity contribution in [1.29, 1.82) is 0 Å². The minimum Gasteiger partial charge on any atom is -0.258 e. The highest BCUT2D eigenvalue weighted by Crippen LogP contribution is 2.38. The molecule has 0 saturated heterocycles. The number of nitrogens with zero attached hydrogens (tertiary/aromatic N) is 1. The second-order valence-corrected chi connectivity index (χ2v) is 7.00. The first-order chi connectivity index (χ1) is 9.89. The zero-order chi connectivity index (χ0) is 15.5. The lowest BCUT2D eigenvalue weighted by atomic mass is 9.76. The van der Waals surface area contributed by atoms with Gasteiger partial charge in [-0.25, -0.2) is 0 Å². The molecular weight excluding hydrogens is 262 g/mol. The van der Waals surface area contributed by atoms with E-state index in [0.717, 1.165) is 36.8 Å². The number of hydrogen-bond acceptors (Lipinski definition) is 2. The molecule has 21 heavy (non-hydrogen) atoms. The van der Waals surface area contributed by atoms with E-state index >= 15 is 0 Å². The molecule has 0 fully saturated rings. The summed E-state index contributed by atoms with van der Waals surface area (Å²) in [7, 11) is 0. The summed E-state index contributed by atoms with van der Waals surface area (Å²) in [4.78, 5) is 11.0. The maximum absolute atomic E-state index is 11.3. The largest absolute Gasteiger partial charge is 0.276 e. The molecule has 0 spiro atoms. The van der Waals surface area contributed by atoms with Crippen molar-refractivity contribution in [2.24, 2.45) is 11.3 Å². The molecule has 114 valence electrons. The van der Waals surface area contributed by atoms with Crippen LogP contribution in [0.15, 0.2) is 47.2 Å². The smallest absolute Gasteiger partial charge is 0.258 e. The molecule has 0 bridgehead atoms. The average molecular weight is 287 g/mol. The van der Waals surface area contributed by atoms with E-state index in [9.17, 15) is 10.1 Å². The van der Waals surface area contributed by atoms with Gasteiger partial charge in [-0.05, 0) is 49.0 Å². The molecule has 2 aliphatic carbocycles. The molecule has 0 aromatic heterocycles. The van der Waals surface area contributed by atoms with E-state index in [-0.39, 0.29) is 10.6 Å². The minimum absolute atomic E-state index is 0.240. The van der Waals surface area contributed by atoms with Gasteiger partial charge in [0.1, 0.15) is 0 Å². The zero-order valence-corrected chi connectivity index (χ0v) is 13.3. The zero-order valence-electron chi connectivity index (χ0n) is 13.3. The third-order valence-corrected chi connectivity index (χ3v) is 4.54. The van der Waals surface area contributed by atoms with E-state index in [1.54, 1.807) is 6.08 Å². The predicted molar refractivity (Wildman–Crippen MR) is 86.4 cm³/mol. The molecule has 1 unspecified atom stereocenters. The van der Waals surface area contributed by atoms with Crippen molar-refractivity contribution < 1.29 is 4.92 Å². The summed E-state index contributed by atoms with van der Waals surface area (Å²) in [6.45, 7) is 6.87. The highest BCUT2D eigenvalue weighted by molar-refractivity contribution is 5.46. The Kier molecular flexibility index (Phi) is 4.81. The second kappa shape index (κ2) is 6.42. The van der Waals surface area contributed by atoms with Crippen LogP contribution in [0.3, 0.4) is 0 Å². The van der Waals surface area contributed by atoms with Crippen LogP contribution in [0.4, 0.5) is 0 Å². The standard InChI is InChI=1S/C18H25NO2/c1-18(2,3)15-9-7-8-14(12-13-15)16-10-5-4-6-11-17(16)19(20)21/h5-6,8,10-11,15H,4,7,9,12-13H2,1-3H3. The van der Waals surface area contributed by atoms with Gasteiger partial charge in [0.25, 0.3) is 5.70 Å². The fourth-order valence-electron chi connectivity index (χ4n) is 3.20. The van der Waals surface area contributed by atoms with Crippen molar-refractivity contribution in [3.63, 3.8) is 0 Å². The number of nitro groups is 1.